The molecular formula is C21H27N3O2. The van der Waals surface area contributed by atoms with Gasteiger partial charge in [-0.05, 0) is 51.2 Å². The average Bonchev–Trinajstić information content (AvgIpc) is 3.36. The first-order valence-corrected chi connectivity index (χ1v) is 9.73. The number of fused-ring (bicyclic) bond motifs is 1. The zero-order chi connectivity index (χ0) is 18.3. The highest BCUT2D eigenvalue weighted by molar-refractivity contribution is 5.95. The number of aromatic nitrogens is 2. The summed E-state index contributed by atoms with van der Waals surface area (Å²) >= 11 is 0. The molecule has 0 spiro atoms. The SMILES string of the molecule is CCCOc1c(-c2cnn(C3CC3)c2)ccc2c1CCC(C)N2C(C)=O. The van der Waals surface area contributed by atoms with Gasteiger partial charge < -0.3 is 9.64 Å². The Hall–Kier alpha value is -2.30. The van der Waals surface area contributed by atoms with Crippen LogP contribution in [0.3, 0.4) is 0 Å². The Kier molecular flexibility index (Phi) is 4.47. The van der Waals surface area contributed by atoms with Gasteiger partial charge in [0.05, 0.1) is 24.5 Å². The molecule has 1 unspecified atom stereocenters. The summed E-state index contributed by atoms with van der Waals surface area (Å²) in [5.74, 6) is 1.02. The molecule has 5 nitrogen and oxygen atoms in total. The first kappa shape index (κ1) is 17.1. The molecule has 1 amide bonds. The Bertz CT molecular complexity index is 823. The standard InChI is InChI=1S/C21H27N3O2/c1-4-11-26-21-18(16-12-22-23(13-16)17-6-7-17)9-10-20-19(21)8-5-14(2)24(20)15(3)25/h9-10,12-14,17H,4-8,11H2,1-3H3. The lowest BCUT2D eigenvalue weighted by Gasteiger charge is -2.36. The Balaban J connectivity index is 1.80. The maximum Gasteiger partial charge on any atom is 0.224 e. The van der Waals surface area contributed by atoms with Gasteiger partial charge >= 0.3 is 0 Å². The van der Waals surface area contributed by atoms with E-state index in [9.17, 15) is 4.79 Å². The number of ether oxygens (including phenoxy) is 1. The summed E-state index contributed by atoms with van der Waals surface area (Å²) in [6.07, 6.45) is 9.35. The van der Waals surface area contributed by atoms with Gasteiger partial charge in [-0.2, -0.15) is 5.10 Å². The van der Waals surface area contributed by atoms with Crippen molar-refractivity contribution in [2.45, 2.75) is 65.0 Å². The molecule has 1 aliphatic heterocycles. The predicted molar refractivity (Wildman–Crippen MR) is 103 cm³/mol. The number of carbonyl (C=O) groups is 1. The number of carbonyl (C=O) groups excluding carboxylic acids is 1. The van der Waals surface area contributed by atoms with Crippen molar-refractivity contribution in [3.8, 4) is 16.9 Å². The minimum atomic E-state index is 0.0918. The van der Waals surface area contributed by atoms with Gasteiger partial charge in [0.25, 0.3) is 0 Å². The van der Waals surface area contributed by atoms with Gasteiger partial charge in [0, 0.05) is 35.9 Å². The van der Waals surface area contributed by atoms with Crippen LogP contribution in [-0.2, 0) is 11.2 Å². The molecule has 4 rings (SSSR count). The molecule has 1 saturated carbocycles. The monoisotopic (exact) mass is 353 g/mol. The maximum absolute atomic E-state index is 12.2. The van der Waals surface area contributed by atoms with Crippen LogP contribution in [0.15, 0.2) is 24.5 Å². The number of hydrogen-bond acceptors (Lipinski definition) is 3. The molecule has 0 saturated heterocycles. The van der Waals surface area contributed by atoms with E-state index in [2.05, 4.69) is 42.0 Å². The van der Waals surface area contributed by atoms with Crippen molar-refractivity contribution < 1.29 is 9.53 Å². The van der Waals surface area contributed by atoms with Crippen molar-refractivity contribution in [1.29, 1.82) is 0 Å². The Morgan fingerprint density at radius 1 is 1.31 bits per heavy atom. The number of amides is 1. The van der Waals surface area contributed by atoms with Crippen LogP contribution in [-0.4, -0.2) is 28.3 Å². The lowest BCUT2D eigenvalue weighted by atomic mass is 9.92. The Morgan fingerprint density at radius 2 is 2.12 bits per heavy atom. The van der Waals surface area contributed by atoms with Crippen LogP contribution in [0.4, 0.5) is 5.69 Å². The van der Waals surface area contributed by atoms with Crippen molar-refractivity contribution in [2.75, 3.05) is 11.5 Å². The van der Waals surface area contributed by atoms with Crippen LogP contribution in [0.2, 0.25) is 0 Å². The molecule has 1 aliphatic carbocycles. The van der Waals surface area contributed by atoms with Gasteiger partial charge in [-0.3, -0.25) is 9.48 Å². The molecule has 26 heavy (non-hydrogen) atoms. The molecule has 2 aromatic rings. The van der Waals surface area contributed by atoms with Crippen LogP contribution >= 0.6 is 0 Å². The maximum atomic E-state index is 12.2. The second-order valence-corrected chi connectivity index (χ2v) is 7.51. The van der Waals surface area contributed by atoms with E-state index >= 15 is 0 Å². The van der Waals surface area contributed by atoms with Crippen molar-refractivity contribution in [3.63, 3.8) is 0 Å². The van der Waals surface area contributed by atoms with E-state index in [4.69, 9.17) is 4.74 Å². The minimum Gasteiger partial charge on any atom is -0.493 e. The van der Waals surface area contributed by atoms with E-state index in [0.29, 0.717) is 12.6 Å². The number of benzene rings is 1. The van der Waals surface area contributed by atoms with Crippen LogP contribution in [0.25, 0.3) is 11.1 Å². The third kappa shape index (κ3) is 3.00. The van der Waals surface area contributed by atoms with E-state index in [0.717, 1.165) is 47.4 Å². The topological polar surface area (TPSA) is 47.4 Å². The van der Waals surface area contributed by atoms with E-state index in [1.165, 1.54) is 12.8 Å². The number of anilines is 1. The summed E-state index contributed by atoms with van der Waals surface area (Å²) in [7, 11) is 0. The molecule has 1 fully saturated rings. The van der Waals surface area contributed by atoms with Crippen molar-refractivity contribution >= 4 is 11.6 Å². The van der Waals surface area contributed by atoms with Gasteiger partial charge in [-0.15, -0.1) is 0 Å². The van der Waals surface area contributed by atoms with Gasteiger partial charge in [0.15, 0.2) is 0 Å². The Labute approximate surface area is 154 Å². The fraction of sp³-hybridized carbons (Fsp3) is 0.524. The first-order valence-electron chi connectivity index (χ1n) is 9.73. The second kappa shape index (κ2) is 6.78. The summed E-state index contributed by atoms with van der Waals surface area (Å²) in [6.45, 7) is 6.55. The van der Waals surface area contributed by atoms with Gasteiger partial charge in [-0.1, -0.05) is 6.92 Å². The van der Waals surface area contributed by atoms with E-state index in [-0.39, 0.29) is 11.9 Å². The molecule has 1 atom stereocenters. The summed E-state index contributed by atoms with van der Waals surface area (Å²) in [4.78, 5) is 14.1. The van der Waals surface area contributed by atoms with E-state index < -0.39 is 0 Å². The average molecular weight is 353 g/mol. The highest BCUT2D eigenvalue weighted by atomic mass is 16.5. The molecule has 0 N–H and O–H groups in total. The molecule has 1 aromatic carbocycles. The normalized spacial score (nSPS) is 19.3. The van der Waals surface area contributed by atoms with Gasteiger partial charge in [0.1, 0.15) is 5.75 Å². The van der Waals surface area contributed by atoms with Crippen molar-refractivity contribution in [2.24, 2.45) is 0 Å². The summed E-state index contributed by atoms with van der Waals surface area (Å²) in [5.41, 5.74) is 4.34. The molecule has 2 heterocycles. The third-order valence-electron chi connectivity index (χ3n) is 5.37. The van der Waals surface area contributed by atoms with Crippen LogP contribution in [0.1, 0.15) is 58.1 Å². The summed E-state index contributed by atoms with van der Waals surface area (Å²) in [6, 6.07) is 4.96. The number of rotatable bonds is 5. The zero-order valence-electron chi connectivity index (χ0n) is 15.9. The van der Waals surface area contributed by atoms with Crippen molar-refractivity contribution in [3.05, 3.63) is 30.1 Å². The molecule has 0 radical (unpaired) electrons. The molecule has 1 aromatic heterocycles. The predicted octanol–water partition coefficient (Wildman–Crippen LogP) is 4.36. The Morgan fingerprint density at radius 3 is 2.81 bits per heavy atom. The quantitative estimate of drug-likeness (QED) is 0.802. The fourth-order valence-corrected chi connectivity index (χ4v) is 3.90. The number of nitrogens with zero attached hydrogens (tertiary/aromatic N) is 3. The fourth-order valence-electron chi connectivity index (χ4n) is 3.90. The zero-order valence-corrected chi connectivity index (χ0v) is 15.9. The summed E-state index contributed by atoms with van der Waals surface area (Å²) in [5, 5.41) is 4.54. The third-order valence-corrected chi connectivity index (χ3v) is 5.37. The largest absolute Gasteiger partial charge is 0.493 e. The lowest BCUT2D eigenvalue weighted by molar-refractivity contribution is -0.117. The van der Waals surface area contributed by atoms with Crippen LogP contribution < -0.4 is 9.64 Å². The molecule has 2 aliphatic rings. The van der Waals surface area contributed by atoms with Crippen LogP contribution in [0.5, 0.6) is 5.75 Å². The van der Waals surface area contributed by atoms with Gasteiger partial charge in [-0.25, -0.2) is 0 Å². The molecular weight excluding hydrogens is 326 g/mol. The first-order chi connectivity index (χ1) is 12.6. The molecule has 138 valence electrons. The van der Waals surface area contributed by atoms with Crippen LogP contribution in [0, 0.1) is 0 Å². The molecule has 5 heteroatoms. The lowest BCUT2D eigenvalue weighted by Crippen LogP contribution is -2.40. The van der Waals surface area contributed by atoms with E-state index in [1.807, 2.05) is 11.1 Å². The van der Waals surface area contributed by atoms with Gasteiger partial charge in [0.2, 0.25) is 5.91 Å². The highest BCUT2D eigenvalue weighted by Gasteiger charge is 2.30. The second-order valence-electron chi connectivity index (χ2n) is 7.51. The van der Waals surface area contributed by atoms with Crippen molar-refractivity contribution in [1.82, 2.24) is 9.78 Å². The number of hydrogen-bond donors (Lipinski definition) is 0. The summed E-state index contributed by atoms with van der Waals surface area (Å²) < 4.78 is 8.28. The minimum absolute atomic E-state index is 0.0918. The van der Waals surface area contributed by atoms with E-state index in [1.54, 1.807) is 6.92 Å². The molecule has 0 bridgehead atoms. The highest BCUT2D eigenvalue weighted by Crippen LogP contribution is 2.43. The smallest absolute Gasteiger partial charge is 0.224 e.